The van der Waals surface area contributed by atoms with E-state index in [0.717, 1.165) is 11.1 Å². The summed E-state index contributed by atoms with van der Waals surface area (Å²) in [6, 6.07) is 7.67. The number of rotatable bonds is 4. The number of aryl methyl sites for hydroxylation is 1. The molecule has 0 amide bonds. The first-order valence-corrected chi connectivity index (χ1v) is 7.18. The summed E-state index contributed by atoms with van der Waals surface area (Å²) in [7, 11) is 0. The number of carbonyl (C=O) groups is 2. The third-order valence-electron chi connectivity index (χ3n) is 4.94. The Hall–Kier alpha value is -1.59. The van der Waals surface area contributed by atoms with Crippen molar-refractivity contribution in [3.8, 4) is 0 Å². The second-order valence-electron chi connectivity index (χ2n) is 6.14. The number of hydrogen-bond donors (Lipinski definition) is 2. The molecule has 0 unspecified atom stereocenters. The van der Waals surface area contributed by atoms with E-state index in [1.165, 1.54) is 0 Å². The van der Waals surface area contributed by atoms with Crippen LogP contribution in [0.4, 0.5) is 0 Å². The molecular weight excluding hydrogens is 306 g/mol. The molecule has 3 N–H and O–H groups in total. The van der Waals surface area contributed by atoms with Crippen molar-refractivity contribution in [2.75, 3.05) is 0 Å². The third-order valence-corrected chi connectivity index (χ3v) is 4.94. The van der Waals surface area contributed by atoms with Crippen molar-refractivity contribution in [2.24, 2.45) is 23.5 Å². The van der Waals surface area contributed by atoms with Gasteiger partial charge in [0.1, 0.15) is 12.1 Å². The minimum Gasteiger partial charge on any atom is -0.481 e. The molecule has 22 heavy (non-hydrogen) atoms. The van der Waals surface area contributed by atoms with Crippen LogP contribution < -0.4 is 5.73 Å². The molecule has 0 radical (unpaired) electrons. The van der Waals surface area contributed by atoms with E-state index < -0.39 is 23.4 Å². The SMILES string of the molecule is Cc1ccccc1COC(=O)[C@]1(N)CC[C@H]2[C@H](C(=O)O)[C@H]21.Cl. The van der Waals surface area contributed by atoms with Crippen LogP contribution in [0.2, 0.25) is 0 Å². The molecule has 1 aromatic rings. The van der Waals surface area contributed by atoms with Gasteiger partial charge in [-0.3, -0.25) is 9.59 Å². The monoisotopic (exact) mass is 325 g/mol. The number of ether oxygens (including phenoxy) is 1. The minimum absolute atomic E-state index is 0. The third kappa shape index (κ3) is 2.59. The van der Waals surface area contributed by atoms with Crippen molar-refractivity contribution in [3.63, 3.8) is 0 Å². The van der Waals surface area contributed by atoms with Gasteiger partial charge in [-0.15, -0.1) is 12.4 Å². The molecule has 0 heterocycles. The maximum atomic E-state index is 12.3. The predicted molar refractivity (Wildman–Crippen MR) is 82.5 cm³/mol. The molecule has 0 bridgehead atoms. The number of aliphatic carboxylic acids is 1. The Morgan fingerprint density at radius 3 is 2.68 bits per heavy atom. The van der Waals surface area contributed by atoms with E-state index in [1.54, 1.807) is 0 Å². The van der Waals surface area contributed by atoms with Crippen molar-refractivity contribution in [1.82, 2.24) is 0 Å². The van der Waals surface area contributed by atoms with Gasteiger partial charge in [0, 0.05) is 5.92 Å². The Morgan fingerprint density at radius 2 is 2.09 bits per heavy atom. The second-order valence-corrected chi connectivity index (χ2v) is 6.14. The fraction of sp³-hybridized carbons (Fsp3) is 0.500. The lowest BCUT2D eigenvalue weighted by molar-refractivity contribution is -0.153. The maximum Gasteiger partial charge on any atom is 0.326 e. The summed E-state index contributed by atoms with van der Waals surface area (Å²) in [5.74, 6) is -2.03. The fourth-order valence-corrected chi connectivity index (χ4v) is 3.63. The number of carboxylic acids is 1. The van der Waals surface area contributed by atoms with Crippen LogP contribution in [-0.2, 0) is 20.9 Å². The number of halogens is 1. The number of hydrogen-bond acceptors (Lipinski definition) is 4. The molecule has 0 aliphatic heterocycles. The number of carbonyl (C=O) groups excluding carboxylic acids is 1. The van der Waals surface area contributed by atoms with Crippen LogP contribution >= 0.6 is 12.4 Å². The highest BCUT2D eigenvalue weighted by molar-refractivity contribution is 5.86. The summed E-state index contributed by atoms with van der Waals surface area (Å²) in [5.41, 5.74) is 7.04. The van der Waals surface area contributed by atoms with Gasteiger partial charge >= 0.3 is 11.9 Å². The number of benzene rings is 1. The van der Waals surface area contributed by atoms with E-state index in [2.05, 4.69) is 0 Å². The zero-order valence-electron chi connectivity index (χ0n) is 12.3. The van der Waals surface area contributed by atoms with Crippen molar-refractivity contribution in [1.29, 1.82) is 0 Å². The van der Waals surface area contributed by atoms with E-state index in [9.17, 15) is 9.59 Å². The van der Waals surface area contributed by atoms with Gasteiger partial charge < -0.3 is 15.6 Å². The number of nitrogens with two attached hydrogens (primary N) is 1. The lowest BCUT2D eigenvalue weighted by Gasteiger charge is -2.24. The quantitative estimate of drug-likeness (QED) is 0.825. The van der Waals surface area contributed by atoms with E-state index in [4.69, 9.17) is 15.6 Å². The van der Waals surface area contributed by atoms with E-state index >= 15 is 0 Å². The van der Waals surface area contributed by atoms with Crippen LogP contribution in [0.3, 0.4) is 0 Å². The molecule has 0 saturated heterocycles. The van der Waals surface area contributed by atoms with E-state index in [-0.39, 0.29) is 30.8 Å². The van der Waals surface area contributed by atoms with E-state index in [0.29, 0.717) is 12.8 Å². The topological polar surface area (TPSA) is 89.6 Å². The predicted octanol–water partition coefficient (Wildman–Crippen LogP) is 1.90. The molecule has 0 spiro atoms. The summed E-state index contributed by atoms with van der Waals surface area (Å²) >= 11 is 0. The Kier molecular flexibility index (Phi) is 4.49. The standard InChI is InChI=1S/C16H19NO4.ClH/c1-9-4-2-3-5-10(9)8-21-15(20)16(17)7-6-11-12(13(11)16)14(18)19;/h2-5,11-13H,6-8,17H2,1H3,(H,18,19);1H/t11-,12-,13-,16-;/m0./s1. The molecule has 4 atom stereocenters. The van der Waals surface area contributed by atoms with Crippen LogP contribution in [-0.4, -0.2) is 22.6 Å². The number of esters is 1. The molecule has 120 valence electrons. The summed E-state index contributed by atoms with van der Waals surface area (Å²) in [6.45, 7) is 2.13. The highest BCUT2D eigenvalue weighted by Crippen LogP contribution is 2.61. The van der Waals surface area contributed by atoms with Crippen LogP contribution in [0, 0.1) is 24.7 Å². The lowest BCUT2D eigenvalue weighted by Crippen LogP contribution is -2.50. The van der Waals surface area contributed by atoms with Gasteiger partial charge in [-0.1, -0.05) is 24.3 Å². The molecule has 1 aromatic carbocycles. The lowest BCUT2D eigenvalue weighted by atomic mass is 9.91. The Balaban J connectivity index is 0.00000176. The van der Waals surface area contributed by atoms with Crippen molar-refractivity contribution in [2.45, 2.75) is 31.9 Å². The van der Waals surface area contributed by atoms with Crippen LogP contribution in [0.15, 0.2) is 24.3 Å². The normalized spacial score (nSPS) is 31.8. The molecular formula is C16H20ClNO4. The molecule has 2 aliphatic carbocycles. The molecule has 2 fully saturated rings. The van der Waals surface area contributed by atoms with Gasteiger partial charge in [-0.05, 0) is 36.8 Å². The Bertz CT molecular complexity index is 606. The van der Waals surface area contributed by atoms with Crippen LogP contribution in [0.5, 0.6) is 0 Å². The fourth-order valence-electron chi connectivity index (χ4n) is 3.63. The zero-order valence-corrected chi connectivity index (χ0v) is 13.1. The second kappa shape index (κ2) is 5.89. The summed E-state index contributed by atoms with van der Waals surface area (Å²) < 4.78 is 5.36. The average Bonchev–Trinajstić information content (AvgIpc) is 3.10. The van der Waals surface area contributed by atoms with Gasteiger partial charge in [-0.25, -0.2) is 0 Å². The molecule has 3 rings (SSSR count). The molecule has 0 aromatic heterocycles. The Morgan fingerprint density at radius 1 is 1.41 bits per heavy atom. The summed E-state index contributed by atoms with van der Waals surface area (Å²) in [6.07, 6.45) is 1.20. The average molecular weight is 326 g/mol. The molecule has 2 aliphatic rings. The molecule has 2 saturated carbocycles. The van der Waals surface area contributed by atoms with Gasteiger partial charge in [0.25, 0.3) is 0 Å². The summed E-state index contributed by atoms with van der Waals surface area (Å²) in [4.78, 5) is 23.4. The highest BCUT2D eigenvalue weighted by atomic mass is 35.5. The first-order chi connectivity index (χ1) is 9.95. The van der Waals surface area contributed by atoms with E-state index in [1.807, 2.05) is 31.2 Å². The maximum absolute atomic E-state index is 12.3. The Labute approximate surface area is 135 Å². The van der Waals surface area contributed by atoms with Crippen LogP contribution in [0.25, 0.3) is 0 Å². The van der Waals surface area contributed by atoms with Gasteiger partial charge in [0.2, 0.25) is 0 Å². The van der Waals surface area contributed by atoms with Crippen molar-refractivity contribution >= 4 is 24.3 Å². The highest BCUT2D eigenvalue weighted by Gasteiger charge is 2.70. The minimum atomic E-state index is -1.13. The zero-order chi connectivity index (χ0) is 15.2. The molecule has 5 nitrogen and oxygen atoms in total. The summed E-state index contributed by atoms with van der Waals surface area (Å²) in [5, 5.41) is 9.11. The number of fused-ring (bicyclic) bond motifs is 1. The van der Waals surface area contributed by atoms with Gasteiger partial charge in [0.15, 0.2) is 0 Å². The van der Waals surface area contributed by atoms with Gasteiger partial charge in [-0.2, -0.15) is 0 Å². The smallest absolute Gasteiger partial charge is 0.326 e. The first kappa shape index (κ1) is 16.8. The van der Waals surface area contributed by atoms with Crippen molar-refractivity contribution in [3.05, 3.63) is 35.4 Å². The largest absolute Gasteiger partial charge is 0.481 e. The van der Waals surface area contributed by atoms with Crippen LogP contribution in [0.1, 0.15) is 24.0 Å². The number of carboxylic acid groups (broad SMARTS) is 1. The molecule has 6 heteroatoms. The van der Waals surface area contributed by atoms with Crippen molar-refractivity contribution < 1.29 is 19.4 Å². The first-order valence-electron chi connectivity index (χ1n) is 7.18. The van der Waals surface area contributed by atoms with Gasteiger partial charge in [0.05, 0.1) is 5.92 Å².